The van der Waals surface area contributed by atoms with Crippen LogP contribution >= 0.6 is 23.1 Å². The normalized spacial score (nSPS) is 10.4. The van der Waals surface area contributed by atoms with E-state index < -0.39 is 0 Å². The van der Waals surface area contributed by atoms with Gasteiger partial charge in [0, 0.05) is 6.54 Å². The van der Waals surface area contributed by atoms with Crippen LogP contribution in [0.1, 0.15) is 6.42 Å². The molecule has 3 rings (SSSR count). The van der Waals surface area contributed by atoms with E-state index >= 15 is 0 Å². The van der Waals surface area contributed by atoms with Gasteiger partial charge in [-0.1, -0.05) is 30.0 Å². The van der Waals surface area contributed by atoms with Gasteiger partial charge in [-0.15, -0.1) is 21.5 Å². The molecular formula is C18H17N5O2S2. The van der Waals surface area contributed by atoms with Crippen molar-refractivity contribution in [2.24, 2.45) is 0 Å². The number of ether oxygens (including phenoxy) is 1. The Morgan fingerprint density at radius 3 is 2.93 bits per heavy atom. The predicted octanol–water partition coefficient (Wildman–Crippen LogP) is 3.13. The maximum atomic E-state index is 12.0. The molecule has 9 heteroatoms. The van der Waals surface area contributed by atoms with Crippen molar-refractivity contribution >= 4 is 29.0 Å². The average molecular weight is 400 g/mol. The molecule has 1 amide bonds. The first kappa shape index (κ1) is 18.9. The van der Waals surface area contributed by atoms with Gasteiger partial charge in [0.05, 0.1) is 35.9 Å². The van der Waals surface area contributed by atoms with E-state index in [-0.39, 0.29) is 18.1 Å². The molecule has 1 aromatic carbocycles. The summed E-state index contributed by atoms with van der Waals surface area (Å²) >= 11 is 2.86. The summed E-state index contributed by atoms with van der Waals surface area (Å²) in [7, 11) is 1.61. The second-order valence-corrected chi connectivity index (χ2v) is 7.23. The highest BCUT2D eigenvalue weighted by molar-refractivity contribution is 7.99. The van der Waals surface area contributed by atoms with Crippen molar-refractivity contribution in [2.45, 2.75) is 11.6 Å². The number of carbonyl (C=O) groups is 1. The molecule has 0 bridgehead atoms. The number of benzene rings is 1. The molecule has 0 fully saturated rings. The van der Waals surface area contributed by atoms with E-state index in [4.69, 9.17) is 10.00 Å². The van der Waals surface area contributed by atoms with Crippen LogP contribution in [0.5, 0.6) is 5.75 Å². The summed E-state index contributed by atoms with van der Waals surface area (Å²) in [5.41, 5.74) is 0.806. The van der Waals surface area contributed by atoms with Crippen LogP contribution in [0.15, 0.2) is 46.9 Å². The largest absolute Gasteiger partial charge is 0.495 e. The fourth-order valence-corrected chi connectivity index (χ4v) is 3.87. The van der Waals surface area contributed by atoms with Crippen molar-refractivity contribution in [3.63, 3.8) is 0 Å². The van der Waals surface area contributed by atoms with Crippen molar-refractivity contribution in [3.05, 3.63) is 41.8 Å². The van der Waals surface area contributed by atoms with E-state index in [1.165, 1.54) is 11.8 Å². The monoisotopic (exact) mass is 399 g/mol. The highest BCUT2D eigenvalue weighted by Crippen LogP contribution is 2.33. The standard InChI is InChI=1S/C18H17N5O2S2/c1-25-14-7-3-2-6-13(14)23-17(15-8-4-11-26-15)21-22-18(23)27-12-16(24)20-10-5-9-19/h2-4,6-8,11H,5,10,12H2,1H3,(H,20,24). The van der Waals surface area contributed by atoms with Gasteiger partial charge in [-0.3, -0.25) is 9.36 Å². The SMILES string of the molecule is COc1ccccc1-n1c(SCC(=O)NCCC#N)nnc1-c1cccs1. The molecule has 0 aliphatic carbocycles. The lowest BCUT2D eigenvalue weighted by molar-refractivity contribution is -0.118. The molecule has 0 saturated heterocycles. The molecule has 138 valence electrons. The van der Waals surface area contributed by atoms with Crippen LogP contribution in [-0.2, 0) is 4.79 Å². The molecular weight excluding hydrogens is 382 g/mol. The first-order valence-corrected chi connectivity index (χ1v) is 10.00. The van der Waals surface area contributed by atoms with E-state index in [2.05, 4.69) is 15.5 Å². The average Bonchev–Trinajstić information content (AvgIpc) is 3.36. The van der Waals surface area contributed by atoms with E-state index in [0.29, 0.717) is 23.3 Å². The maximum Gasteiger partial charge on any atom is 0.230 e. The third kappa shape index (κ3) is 4.48. The molecule has 2 aromatic heterocycles. The minimum Gasteiger partial charge on any atom is -0.495 e. The number of aromatic nitrogens is 3. The van der Waals surface area contributed by atoms with Crippen LogP contribution < -0.4 is 10.1 Å². The van der Waals surface area contributed by atoms with Gasteiger partial charge in [0.25, 0.3) is 0 Å². The zero-order valence-corrected chi connectivity index (χ0v) is 16.2. The number of hydrogen-bond donors (Lipinski definition) is 1. The quantitative estimate of drug-likeness (QED) is 0.462. The van der Waals surface area contributed by atoms with Crippen molar-refractivity contribution in [1.29, 1.82) is 5.26 Å². The molecule has 0 radical (unpaired) electrons. The van der Waals surface area contributed by atoms with Gasteiger partial charge < -0.3 is 10.1 Å². The van der Waals surface area contributed by atoms with Crippen molar-refractivity contribution in [2.75, 3.05) is 19.4 Å². The molecule has 0 aliphatic rings. The Morgan fingerprint density at radius 2 is 2.19 bits per heavy atom. The first-order chi connectivity index (χ1) is 13.2. The Labute approximate surface area is 165 Å². The Bertz CT molecular complexity index is 947. The zero-order chi connectivity index (χ0) is 19.1. The lowest BCUT2D eigenvalue weighted by atomic mass is 10.3. The van der Waals surface area contributed by atoms with Crippen molar-refractivity contribution in [1.82, 2.24) is 20.1 Å². The maximum absolute atomic E-state index is 12.0. The number of thiophene rings is 1. The number of thioether (sulfide) groups is 1. The second kappa shape index (κ2) is 9.21. The fourth-order valence-electron chi connectivity index (χ4n) is 2.40. The van der Waals surface area contributed by atoms with Crippen LogP contribution in [0, 0.1) is 11.3 Å². The zero-order valence-electron chi connectivity index (χ0n) is 14.6. The molecule has 0 atom stereocenters. The molecule has 7 nitrogen and oxygen atoms in total. The minimum absolute atomic E-state index is 0.150. The van der Waals surface area contributed by atoms with Gasteiger partial charge in [-0.25, -0.2) is 0 Å². The third-order valence-electron chi connectivity index (χ3n) is 3.59. The number of nitrogens with zero attached hydrogens (tertiary/aromatic N) is 4. The van der Waals surface area contributed by atoms with Crippen molar-refractivity contribution < 1.29 is 9.53 Å². The summed E-state index contributed by atoms with van der Waals surface area (Å²) in [4.78, 5) is 12.9. The second-order valence-electron chi connectivity index (χ2n) is 5.34. The summed E-state index contributed by atoms with van der Waals surface area (Å²) in [5, 5.41) is 22.5. The van der Waals surface area contributed by atoms with Gasteiger partial charge >= 0.3 is 0 Å². The first-order valence-electron chi connectivity index (χ1n) is 8.13. The number of carbonyl (C=O) groups excluding carboxylic acids is 1. The van der Waals surface area contributed by atoms with Gasteiger partial charge in [0.1, 0.15) is 5.75 Å². The molecule has 0 saturated carbocycles. The fraction of sp³-hybridized carbons (Fsp3) is 0.222. The number of rotatable bonds is 8. The van der Waals surface area contributed by atoms with E-state index in [9.17, 15) is 4.79 Å². The van der Waals surface area contributed by atoms with Crippen LogP contribution in [0.3, 0.4) is 0 Å². The molecule has 0 aliphatic heterocycles. The van der Waals surface area contributed by atoms with Gasteiger partial charge in [0.15, 0.2) is 11.0 Å². The lowest BCUT2D eigenvalue weighted by Crippen LogP contribution is -2.26. The van der Waals surface area contributed by atoms with Crippen LogP contribution in [0.25, 0.3) is 16.4 Å². The Morgan fingerprint density at radius 1 is 1.33 bits per heavy atom. The summed E-state index contributed by atoms with van der Waals surface area (Å²) in [6.45, 7) is 0.343. The molecule has 2 heterocycles. The van der Waals surface area contributed by atoms with Gasteiger partial charge in [-0.2, -0.15) is 5.26 Å². The number of amides is 1. The minimum atomic E-state index is -0.150. The number of nitriles is 1. The topological polar surface area (TPSA) is 92.8 Å². The predicted molar refractivity (Wildman–Crippen MR) is 105 cm³/mol. The Hall–Kier alpha value is -2.83. The third-order valence-corrected chi connectivity index (χ3v) is 5.39. The summed E-state index contributed by atoms with van der Waals surface area (Å²) < 4.78 is 7.40. The van der Waals surface area contributed by atoms with Crippen molar-refractivity contribution in [3.8, 4) is 28.2 Å². The van der Waals surface area contributed by atoms with Crippen LogP contribution in [0.2, 0.25) is 0 Å². The summed E-state index contributed by atoms with van der Waals surface area (Å²) in [6, 6.07) is 13.5. The van der Waals surface area contributed by atoms with Crippen LogP contribution in [0.4, 0.5) is 0 Å². The van der Waals surface area contributed by atoms with Gasteiger partial charge in [0.2, 0.25) is 5.91 Å². The molecule has 27 heavy (non-hydrogen) atoms. The number of para-hydroxylation sites is 2. The highest BCUT2D eigenvalue weighted by atomic mass is 32.2. The lowest BCUT2D eigenvalue weighted by Gasteiger charge is -2.13. The van der Waals surface area contributed by atoms with E-state index in [1.807, 2.05) is 52.4 Å². The highest BCUT2D eigenvalue weighted by Gasteiger charge is 2.20. The molecule has 0 spiro atoms. The number of hydrogen-bond acceptors (Lipinski definition) is 7. The summed E-state index contributed by atoms with van der Waals surface area (Å²) in [5.74, 6) is 1.42. The van der Waals surface area contributed by atoms with E-state index in [0.717, 1.165) is 10.6 Å². The van der Waals surface area contributed by atoms with Crippen LogP contribution in [-0.4, -0.2) is 40.1 Å². The summed E-state index contributed by atoms with van der Waals surface area (Å²) in [6.07, 6.45) is 0.288. The number of nitrogens with one attached hydrogen (secondary N) is 1. The smallest absolute Gasteiger partial charge is 0.230 e. The Balaban J connectivity index is 1.91. The van der Waals surface area contributed by atoms with Gasteiger partial charge in [-0.05, 0) is 23.6 Å². The number of methoxy groups -OCH3 is 1. The molecule has 1 N–H and O–H groups in total. The van der Waals surface area contributed by atoms with E-state index in [1.54, 1.807) is 18.4 Å². The molecule has 0 unspecified atom stereocenters. The Kier molecular flexibility index (Phi) is 6.46. The molecule has 3 aromatic rings.